The first-order chi connectivity index (χ1) is 6.07. The Kier molecular flexibility index (Phi) is 2.98. The zero-order chi connectivity index (χ0) is 10.0. The average Bonchev–Trinajstić information content (AvgIpc) is 2.04. The molecule has 0 spiro atoms. The van der Waals surface area contributed by atoms with Gasteiger partial charge in [0, 0.05) is 0 Å². The van der Waals surface area contributed by atoms with Crippen LogP contribution in [0.3, 0.4) is 0 Å². The lowest BCUT2D eigenvalue weighted by Crippen LogP contribution is -1.98. The van der Waals surface area contributed by atoms with Crippen molar-refractivity contribution in [1.82, 2.24) is 4.98 Å². The van der Waals surface area contributed by atoms with Crippen LogP contribution in [-0.4, -0.2) is 12.1 Å². The molecule has 13 heavy (non-hydrogen) atoms. The number of hydrogen-bond acceptors (Lipinski definition) is 2. The SMILES string of the molecule is COc1ncc(F)c(C(F)F)c1Cl. The molecule has 2 nitrogen and oxygen atoms in total. The zero-order valence-electron chi connectivity index (χ0n) is 6.52. The molecule has 0 aromatic carbocycles. The molecule has 72 valence electrons. The minimum absolute atomic E-state index is 0.210. The van der Waals surface area contributed by atoms with Crippen LogP contribution < -0.4 is 4.74 Å². The molecule has 0 bridgehead atoms. The van der Waals surface area contributed by atoms with E-state index >= 15 is 0 Å². The number of pyridine rings is 1. The van der Waals surface area contributed by atoms with Crippen LogP contribution in [0.25, 0.3) is 0 Å². The van der Waals surface area contributed by atoms with Gasteiger partial charge in [-0.15, -0.1) is 0 Å². The Morgan fingerprint density at radius 1 is 1.54 bits per heavy atom. The molecular weight excluding hydrogens is 207 g/mol. The molecule has 0 fully saturated rings. The van der Waals surface area contributed by atoms with E-state index in [2.05, 4.69) is 9.72 Å². The molecule has 1 heterocycles. The Hall–Kier alpha value is -0.970. The summed E-state index contributed by atoms with van der Waals surface area (Å²) in [5.74, 6) is -1.35. The third-order valence-electron chi connectivity index (χ3n) is 1.39. The summed E-state index contributed by atoms with van der Waals surface area (Å²) in [7, 11) is 1.21. The average molecular weight is 212 g/mol. The van der Waals surface area contributed by atoms with Crippen LogP contribution in [0.4, 0.5) is 13.2 Å². The summed E-state index contributed by atoms with van der Waals surface area (Å²) >= 11 is 5.40. The molecule has 0 aliphatic rings. The lowest BCUT2D eigenvalue weighted by molar-refractivity contribution is 0.145. The van der Waals surface area contributed by atoms with Crippen molar-refractivity contribution in [3.8, 4) is 5.88 Å². The van der Waals surface area contributed by atoms with Crippen molar-refractivity contribution in [2.45, 2.75) is 6.43 Å². The highest BCUT2D eigenvalue weighted by atomic mass is 35.5. The number of rotatable bonds is 2. The Morgan fingerprint density at radius 3 is 2.62 bits per heavy atom. The second-order valence-corrected chi connectivity index (χ2v) is 2.52. The zero-order valence-corrected chi connectivity index (χ0v) is 7.28. The number of hydrogen-bond donors (Lipinski definition) is 0. The van der Waals surface area contributed by atoms with E-state index in [1.165, 1.54) is 7.11 Å². The van der Waals surface area contributed by atoms with Crippen LogP contribution in [0, 0.1) is 5.82 Å². The Balaban J connectivity index is 3.30. The minimum atomic E-state index is -2.98. The second-order valence-electron chi connectivity index (χ2n) is 2.14. The van der Waals surface area contributed by atoms with Crippen molar-refractivity contribution >= 4 is 11.6 Å². The largest absolute Gasteiger partial charge is 0.480 e. The highest BCUT2D eigenvalue weighted by Gasteiger charge is 2.21. The van der Waals surface area contributed by atoms with Gasteiger partial charge in [-0.2, -0.15) is 0 Å². The van der Waals surface area contributed by atoms with E-state index in [9.17, 15) is 13.2 Å². The fraction of sp³-hybridized carbons (Fsp3) is 0.286. The maximum atomic E-state index is 12.7. The van der Waals surface area contributed by atoms with Crippen LogP contribution in [0.5, 0.6) is 5.88 Å². The van der Waals surface area contributed by atoms with E-state index in [-0.39, 0.29) is 5.88 Å². The molecule has 0 saturated carbocycles. The van der Waals surface area contributed by atoms with Gasteiger partial charge in [-0.3, -0.25) is 0 Å². The fourth-order valence-electron chi connectivity index (χ4n) is 0.804. The van der Waals surface area contributed by atoms with Crippen molar-refractivity contribution in [3.05, 3.63) is 22.6 Å². The van der Waals surface area contributed by atoms with Crippen LogP contribution in [-0.2, 0) is 0 Å². The molecule has 0 saturated heterocycles. The highest BCUT2D eigenvalue weighted by molar-refractivity contribution is 6.32. The highest BCUT2D eigenvalue weighted by Crippen LogP contribution is 2.34. The van der Waals surface area contributed by atoms with Crippen molar-refractivity contribution < 1.29 is 17.9 Å². The van der Waals surface area contributed by atoms with E-state index in [4.69, 9.17) is 11.6 Å². The van der Waals surface area contributed by atoms with Gasteiger partial charge >= 0.3 is 0 Å². The number of aromatic nitrogens is 1. The summed E-state index contributed by atoms with van der Waals surface area (Å²) in [5.41, 5.74) is -0.881. The first kappa shape index (κ1) is 10.1. The van der Waals surface area contributed by atoms with Crippen LogP contribution in [0.15, 0.2) is 6.20 Å². The summed E-state index contributed by atoms with van der Waals surface area (Å²) in [5, 5.41) is -0.488. The number of methoxy groups -OCH3 is 1. The maximum Gasteiger partial charge on any atom is 0.268 e. The van der Waals surface area contributed by atoms with Gasteiger partial charge in [-0.1, -0.05) is 11.6 Å². The third kappa shape index (κ3) is 1.85. The Bertz CT molecular complexity index is 319. The van der Waals surface area contributed by atoms with E-state index in [1.54, 1.807) is 0 Å². The molecule has 0 N–H and O–H groups in total. The molecule has 0 unspecified atom stereocenters. The molecule has 1 rings (SSSR count). The molecule has 0 aliphatic heterocycles. The van der Waals surface area contributed by atoms with Crippen molar-refractivity contribution in [2.75, 3.05) is 7.11 Å². The molecule has 0 radical (unpaired) electrons. The molecule has 0 atom stereocenters. The Labute approximate surface area is 77.3 Å². The molecule has 6 heteroatoms. The first-order valence-corrected chi connectivity index (χ1v) is 3.61. The lowest BCUT2D eigenvalue weighted by atomic mass is 10.2. The normalized spacial score (nSPS) is 10.6. The predicted molar refractivity (Wildman–Crippen MR) is 40.7 cm³/mol. The summed E-state index contributed by atoms with van der Waals surface area (Å²) in [6.45, 7) is 0. The monoisotopic (exact) mass is 211 g/mol. The minimum Gasteiger partial charge on any atom is -0.480 e. The smallest absolute Gasteiger partial charge is 0.268 e. The maximum absolute atomic E-state index is 12.7. The number of alkyl halides is 2. The summed E-state index contributed by atoms with van der Waals surface area (Å²) in [4.78, 5) is 3.38. The molecule has 1 aromatic heterocycles. The topological polar surface area (TPSA) is 22.1 Å². The quantitative estimate of drug-likeness (QED) is 0.751. The second kappa shape index (κ2) is 3.83. The molecular formula is C7H5ClF3NO. The van der Waals surface area contributed by atoms with Gasteiger partial charge in [-0.25, -0.2) is 18.2 Å². The first-order valence-electron chi connectivity index (χ1n) is 3.24. The van der Waals surface area contributed by atoms with Gasteiger partial charge in [0.15, 0.2) is 5.82 Å². The van der Waals surface area contributed by atoms with Gasteiger partial charge in [0.2, 0.25) is 5.88 Å². The number of nitrogens with zero attached hydrogens (tertiary/aromatic N) is 1. The Morgan fingerprint density at radius 2 is 2.15 bits per heavy atom. The predicted octanol–water partition coefficient (Wildman–Crippen LogP) is 2.82. The lowest BCUT2D eigenvalue weighted by Gasteiger charge is -2.07. The van der Waals surface area contributed by atoms with Gasteiger partial charge in [0.25, 0.3) is 6.43 Å². The van der Waals surface area contributed by atoms with Gasteiger partial charge < -0.3 is 4.74 Å². The fourth-order valence-corrected chi connectivity index (χ4v) is 1.10. The summed E-state index contributed by atoms with van der Waals surface area (Å²) in [6.07, 6.45) is -2.34. The number of halogens is 4. The molecule has 0 aliphatic carbocycles. The van der Waals surface area contributed by atoms with Gasteiger partial charge in [0.1, 0.15) is 5.02 Å². The summed E-state index contributed by atoms with van der Waals surface area (Å²) < 4.78 is 41.7. The number of ether oxygens (including phenoxy) is 1. The van der Waals surface area contributed by atoms with E-state index in [0.717, 1.165) is 0 Å². The van der Waals surface area contributed by atoms with Crippen molar-refractivity contribution in [2.24, 2.45) is 0 Å². The van der Waals surface area contributed by atoms with E-state index < -0.39 is 22.8 Å². The standard InChI is InChI=1S/C7H5ClF3NO/c1-13-7-5(8)4(6(10)11)3(9)2-12-7/h2,6H,1H3. The van der Waals surface area contributed by atoms with Crippen LogP contribution in [0.1, 0.15) is 12.0 Å². The van der Waals surface area contributed by atoms with Crippen molar-refractivity contribution in [3.63, 3.8) is 0 Å². The molecule has 0 amide bonds. The molecule has 1 aromatic rings. The van der Waals surface area contributed by atoms with Crippen LogP contribution >= 0.6 is 11.6 Å². The summed E-state index contributed by atoms with van der Waals surface area (Å²) in [6, 6.07) is 0. The van der Waals surface area contributed by atoms with Gasteiger partial charge in [0.05, 0.1) is 18.9 Å². The van der Waals surface area contributed by atoms with Crippen molar-refractivity contribution in [1.29, 1.82) is 0 Å². The van der Waals surface area contributed by atoms with E-state index in [1.807, 2.05) is 0 Å². The van der Waals surface area contributed by atoms with Gasteiger partial charge in [-0.05, 0) is 0 Å². The van der Waals surface area contributed by atoms with Crippen LogP contribution in [0.2, 0.25) is 5.02 Å². The van der Waals surface area contributed by atoms with E-state index in [0.29, 0.717) is 6.20 Å². The third-order valence-corrected chi connectivity index (χ3v) is 1.75.